The first-order valence-corrected chi connectivity index (χ1v) is 19.3. The van der Waals surface area contributed by atoms with Crippen molar-refractivity contribution in [1.29, 1.82) is 0 Å². The van der Waals surface area contributed by atoms with Crippen molar-refractivity contribution in [2.75, 3.05) is 45.3 Å². The van der Waals surface area contributed by atoms with E-state index in [1.165, 1.54) is 44.6 Å². The van der Waals surface area contributed by atoms with Crippen LogP contribution in [0, 0.1) is 5.92 Å². The van der Waals surface area contributed by atoms with Gasteiger partial charge in [0, 0.05) is 29.0 Å². The number of hydrogen-bond donors (Lipinski definition) is 5. The molecule has 1 unspecified atom stereocenters. The van der Waals surface area contributed by atoms with Crippen LogP contribution in [-0.2, 0) is 25.6 Å². The van der Waals surface area contributed by atoms with E-state index in [1.807, 2.05) is 16.7 Å². The number of aromatic nitrogens is 4. The Labute approximate surface area is 319 Å². The number of nitrogens with zero attached hydrogens (tertiary/aromatic N) is 6. The third-order valence-corrected chi connectivity index (χ3v) is 11.7. The number of halogens is 1. The zero-order valence-electron chi connectivity index (χ0n) is 30.1. The molecule has 1 aromatic carbocycles. The van der Waals surface area contributed by atoms with Crippen molar-refractivity contribution >= 4 is 56.6 Å². The van der Waals surface area contributed by atoms with Crippen LogP contribution in [0.2, 0.25) is 0 Å². The fraction of sp³-hybridized carbons (Fsp3) is 0.618. The molecule has 53 heavy (non-hydrogen) atoms. The van der Waals surface area contributed by atoms with E-state index in [2.05, 4.69) is 51.6 Å². The van der Waals surface area contributed by atoms with Crippen molar-refractivity contribution < 1.29 is 49.0 Å². The Balaban J connectivity index is 0.000000705. The van der Waals surface area contributed by atoms with Gasteiger partial charge in [-0.15, -0.1) is 0 Å². The maximum Gasteiger partial charge on any atom is 0.335 e. The number of piperidine rings is 1. The molecule has 2 fully saturated rings. The number of aliphatic hydroxyl groups excluding tert-OH is 3. The lowest BCUT2D eigenvalue weighted by Crippen LogP contribution is -2.61. The van der Waals surface area contributed by atoms with Gasteiger partial charge in [-0.25, -0.2) is 19.7 Å². The molecule has 19 heteroatoms. The average molecular weight is 827 g/mol. The third-order valence-electron chi connectivity index (χ3n) is 9.68. The number of aliphatic hydroxyl groups is 3. The van der Waals surface area contributed by atoms with Crippen molar-refractivity contribution in [2.24, 2.45) is 5.92 Å². The standard InChI is InChI=1S/C28H33BrN6O10S.C6H15N/c1-12(44-27-21(38)19(36)20(37)22(45-27)26(40)41)25(39)34-5-2-13(3-6-34)4-7-35-24-18(23(30)31-10-32-24)33-28(35)46-17-9-16-15(8-14(17)29)42-11-43-16;1-4-7(5-2)6-3/h8-10,12-13,19-22,27,36-38H,2-7,11H2,1H3,(H,40,41)(H2,30,31,32);4-6H2,1-3H3/t12?,19-,20-,21-,22-,27+;/m0./s1. The molecular formula is C34H48BrN7O10S. The van der Waals surface area contributed by atoms with Crippen LogP contribution < -0.4 is 15.2 Å². The van der Waals surface area contributed by atoms with Crippen molar-refractivity contribution in [3.05, 3.63) is 22.9 Å². The molecule has 3 aliphatic heterocycles. The molecule has 3 aromatic rings. The summed E-state index contributed by atoms with van der Waals surface area (Å²) in [6.45, 7) is 13.3. The third kappa shape index (κ3) is 9.51. The number of nitrogen functional groups attached to an aromatic ring is 1. The van der Waals surface area contributed by atoms with Gasteiger partial charge >= 0.3 is 5.97 Å². The molecule has 6 N–H and O–H groups in total. The SMILES string of the molecule is CC(O[C@@H]1O[C@H](C(=O)O)[C@@H](O)[C@H](O)[C@@H]1O)C(=O)N1CCC(CCn2c(Sc3cc4c(cc3Br)OCO4)nc3c(N)ncnc32)CC1.CCN(CC)CC. The van der Waals surface area contributed by atoms with Crippen LogP contribution in [0.1, 0.15) is 47.0 Å². The summed E-state index contributed by atoms with van der Waals surface area (Å²) >= 11 is 5.05. The topological polar surface area (TPSA) is 228 Å². The lowest BCUT2D eigenvalue weighted by molar-refractivity contribution is -0.301. The van der Waals surface area contributed by atoms with Crippen LogP contribution in [-0.4, -0.2) is 138 Å². The minimum Gasteiger partial charge on any atom is -0.479 e. The molecule has 292 valence electrons. The molecule has 1 amide bonds. The van der Waals surface area contributed by atoms with E-state index in [1.54, 1.807) is 4.90 Å². The quantitative estimate of drug-likeness (QED) is 0.177. The molecule has 0 radical (unpaired) electrons. The van der Waals surface area contributed by atoms with Gasteiger partial charge in [-0.2, -0.15) is 0 Å². The summed E-state index contributed by atoms with van der Waals surface area (Å²) in [6, 6.07) is 3.75. The summed E-state index contributed by atoms with van der Waals surface area (Å²) in [5.41, 5.74) is 7.28. The number of imidazole rings is 1. The van der Waals surface area contributed by atoms with Gasteiger partial charge in [0.2, 0.25) is 6.79 Å². The Kier molecular flexibility index (Phi) is 14.2. The van der Waals surface area contributed by atoms with Gasteiger partial charge in [0.05, 0.1) is 0 Å². The largest absolute Gasteiger partial charge is 0.479 e. The van der Waals surface area contributed by atoms with Gasteiger partial charge in [0.1, 0.15) is 30.7 Å². The number of likely N-dealkylation sites (tertiary alicyclic amines) is 1. The predicted octanol–water partition coefficient (Wildman–Crippen LogP) is 2.33. The Hall–Kier alpha value is -3.30. The van der Waals surface area contributed by atoms with E-state index in [0.29, 0.717) is 53.4 Å². The molecule has 0 spiro atoms. The van der Waals surface area contributed by atoms with Gasteiger partial charge in [-0.1, -0.05) is 32.5 Å². The number of fused-ring (bicyclic) bond motifs is 2. The molecule has 0 aliphatic carbocycles. The summed E-state index contributed by atoms with van der Waals surface area (Å²) in [6.07, 6.45) is -6.24. The van der Waals surface area contributed by atoms with E-state index < -0.39 is 42.8 Å². The van der Waals surface area contributed by atoms with Crippen LogP contribution in [0.4, 0.5) is 5.82 Å². The molecule has 17 nitrogen and oxygen atoms in total. The Bertz CT molecular complexity index is 1720. The summed E-state index contributed by atoms with van der Waals surface area (Å²) in [5.74, 6) is 0.00651. The van der Waals surface area contributed by atoms with Gasteiger partial charge in [0.15, 0.2) is 46.0 Å². The van der Waals surface area contributed by atoms with E-state index in [9.17, 15) is 30.0 Å². The fourth-order valence-corrected chi connectivity index (χ4v) is 7.90. The average Bonchev–Trinajstić information content (AvgIpc) is 3.76. The number of carboxylic acid groups (broad SMARTS) is 1. The molecule has 6 rings (SSSR count). The van der Waals surface area contributed by atoms with Crippen LogP contribution in [0.5, 0.6) is 11.5 Å². The highest BCUT2D eigenvalue weighted by atomic mass is 79.9. The van der Waals surface area contributed by atoms with Gasteiger partial charge < -0.3 is 59.5 Å². The minimum absolute atomic E-state index is 0.164. The van der Waals surface area contributed by atoms with Crippen LogP contribution >= 0.6 is 27.7 Å². The van der Waals surface area contributed by atoms with E-state index in [4.69, 9.17) is 29.7 Å². The number of carbonyl (C=O) groups excluding carboxylic acids is 1. The monoisotopic (exact) mass is 825 g/mol. The first-order chi connectivity index (χ1) is 25.4. The number of anilines is 1. The zero-order valence-corrected chi connectivity index (χ0v) is 32.5. The number of carboxylic acids is 1. The van der Waals surface area contributed by atoms with Gasteiger partial charge in [0.25, 0.3) is 5.91 Å². The van der Waals surface area contributed by atoms with Crippen molar-refractivity contribution in [3.8, 4) is 11.5 Å². The number of benzene rings is 1. The maximum atomic E-state index is 13.2. The first-order valence-electron chi connectivity index (χ1n) is 17.7. The second-order valence-corrected chi connectivity index (χ2v) is 14.8. The van der Waals surface area contributed by atoms with Crippen molar-refractivity contribution in [3.63, 3.8) is 0 Å². The van der Waals surface area contributed by atoms with Crippen LogP contribution in [0.15, 0.2) is 33.0 Å². The second-order valence-electron chi connectivity index (χ2n) is 12.9. The molecule has 3 aliphatic rings. The molecule has 0 bridgehead atoms. The Morgan fingerprint density at radius 2 is 1.72 bits per heavy atom. The van der Waals surface area contributed by atoms with E-state index >= 15 is 0 Å². The van der Waals surface area contributed by atoms with Crippen LogP contribution in [0.25, 0.3) is 11.2 Å². The van der Waals surface area contributed by atoms with Crippen molar-refractivity contribution in [2.45, 2.75) is 100 Å². The van der Waals surface area contributed by atoms with Gasteiger partial charge in [-0.3, -0.25) is 4.79 Å². The molecule has 6 atom stereocenters. The number of hydrogen-bond acceptors (Lipinski definition) is 15. The summed E-state index contributed by atoms with van der Waals surface area (Å²) in [7, 11) is 0. The zero-order chi connectivity index (χ0) is 38.4. The lowest BCUT2D eigenvalue weighted by atomic mass is 9.93. The number of aliphatic carboxylic acids is 1. The highest BCUT2D eigenvalue weighted by Gasteiger charge is 2.48. The molecule has 0 saturated carbocycles. The lowest BCUT2D eigenvalue weighted by Gasteiger charge is -2.40. The molecule has 2 saturated heterocycles. The van der Waals surface area contributed by atoms with E-state index in [-0.39, 0.29) is 18.5 Å². The van der Waals surface area contributed by atoms with Gasteiger partial charge in [-0.05, 0) is 79.8 Å². The number of nitrogens with two attached hydrogens (primary N) is 1. The molecular weight excluding hydrogens is 778 g/mol. The highest BCUT2D eigenvalue weighted by Crippen LogP contribution is 2.43. The maximum absolute atomic E-state index is 13.2. The second kappa shape index (κ2) is 18.4. The van der Waals surface area contributed by atoms with Crippen molar-refractivity contribution in [1.82, 2.24) is 29.3 Å². The number of ether oxygens (including phenoxy) is 4. The summed E-state index contributed by atoms with van der Waals surface area (Å²) in [4.78, 5) is 42.8. The van der Waals surface area contributed by atoms with Crippen LogP contribution in [0.3, 0.4) is 0 Å². The normalized spacial score (nSPS) is 23.6. The Morgan fingerprint density at radius 1 is 1.06 bits per heavy atom. The molecule has 2 aromatic heterocycles. The predicted molar refractivity (Wildman–Crippen MR) is 196 cm³/mol. The number of amides is 1. The molecule has 5 heterocycles. The first kappa shape index (κ1) is 40.9. The minimum atomic E-state index is -1.84. The summed E-state index contributed by atoms with van der Waals surface area (Å²) in [5, 5.41) is 40.1. The smallest absolute Gasteiger partial charge is 0.335 e. The fourth-order valence-electron chi connectivity index (χ4n) is 6.39. The number of carbonyl (C=O) groups is 2. The number of rotatable bonds is 12. The number of aryl methyl sites for hydroxylation is 1. The highest BCUT2D eigenvalue weighted by molar-refractivity contribution is 9.10. The van der Waals surface area contributed by atoms with E-state index in [0.717, 1.165) is 28.6 Å². The summed E-state index contributed by atoms with van der Waals surface area (Å²) < 4.78 is 24.6. The Morgan fingerprint density at radius 3 is 2.34 bits per heavy atom.